The quantitative estimate of drug-likeness (QED) is 0.908. The Morgan fingerprint density at radius 1 is 1.00 bits per heavy atom. The third kappa shape index (κ3) is 3.53. The van der Waals surface area contributed by atoms with Crippen LogP contribution in [0.5, 0.6) is 5.75 Å². The molecule has 0 radical (unpaired) electrons. The molecule has 0 spiro atoms. The van der Waals surface area contributed by atoms with Gasteiger partial charge in [-0.15, -0.1) is 0 Å². The molecule has 3 heteroatoms. The van der Waals surface area contributed by atoms with Gasteiger partial charge in [-0.25, -0.2) is 0 Å². The molecule has 0 amide bonds. The summed E-state index contributed by atoms with van der Waals surface area (Å²) in [4.78, 5) is 0. The van der Waals surface area contributed by atoms with Crippen molar-refractivity contribution in [3.63, 3.8) is 0 Å². The number of nitrogens with two attached hydrogens (primary N) is 1. The molecule has 0 saturated heterocycles. The largest absolute Gasteiger partial charge is 0.491 e. The summed E-state index contributed by atoms with van der Waals surface area (Å²) in [7, 11) is 0. The van der Waals surface area contributed by atoms with Gasteiger partial charge in [-0.1, -0.05) is 29.8 Å². The third-order valence-electron chi connectivity index (χ3n) is 3.51. The van der Waals surface area contributed by atoms with E-state index in [9.17, 15) is 0 Å². The van der Waals surface area contributed by atoms with E-state index in [2.05, 4.69) is 32.0 Å². The van der Waals surface area contributed by atoms with Crippen molar-refractivity contribution < 1.29 is 4.74 Å². The van der Waals surface area contributed by atoms with E-state index in [4.69, 9.17) is 22.1 Å². The van der Waals surface area contributed by atoms with Crippen LogP contribution in [0.25, 0.3) is 0 Å². The Kier molecular flexibility index (Phi) is 4.69. The van der Waals surface area contributed by atoms with E-state index in [1.165, 1.54) is 11.1 Å². The third-order valence-corrected chi connectivity index (χ3v) is 3.75. The molecule has 2 rings (SSSR count). The van der Waals surface area contributed by atoms with E-state index in [0.717, 1.165) is 16.9 Å². The van der Waals surface area contributed by atoms with Crippen LogP contribution in [0.4, 0.5) is 0 Å². The first-order chi connectivity index (χ1) is 9.47. The van der Waals surface area contributed by atoms with E-state index < -0.39 is 0 Å². The molecule has 0 bridgehead atoms. The first-order valence-corrected chi connectivity index (χ1v) is 7.07. The van der Waals surface area contributed by atoms with Gasteiger partial charge in [0.1, 0.15) is 12.4 Å². The van der Waals surface area contributed by atoms with E-state index in [-0.39, 0.29) is 6.04 Å². The monoisotopic (exact) mass is 289 g/mol. The Bertz CT molecular complexity index is 610. The Labute approximate surface area is 125 Å². The van der Waals surface area contributed by atoms with Gasteiger partial charge < -0.3 is 10.5 Å². The molecular formula is C17H20ClNO. The van der Waals surface area contributed by atoms with Crippen molar-refractivity contribution in [3.05, 3.63) is 63.7 Å². The van der Waals surface area contributed by atoms with Crippen LogP contribution in [0.1, 0.15) is 28.3 Å². The highest BCUT2D eigenvalue weighted by Crippen LogP contribution is 2.23. The second kappa shape index (κ2) is 6.29. The molecule has 2 N–H and O–H groups in total. The Hall–Kier alpha value is -1.51. The molecule has 0 fully saturated rings. The predicted molar refractivity (Wildman–Crippen MR) is 84.5 cm³/mol. The molecule has 2 aromatic carbocycles. The first-order valence-electron chi connectivity index (χ1n) is 6.69. The molecular weight excluding hydrogens is 270 g/mol. The van der Waals surface area contributed by atoms with E-state index in [1.807, 2.05) is 25.1 Å². The summed E-state index contributed by atoms with van der Waals surface area (Å²) in [5.41, 5.74) is 10.8. The summed E-state index contributed by atoms with van der Waals surface area (Å²) in [6, 6.07) is 11.7. The molecule has 0 aliphatic heterocycles. The number of hydrogen-bond acceptors (Lipinski definition) is 2. The van der Waals surface area contributed by atoms with E-state index in [0.29, 0.717) is 11.6 Å². The number of hydrogen-bond donors (Lipinski definition) is 1. The molecule has 0 aliphatic carbocycles. The van der Waals surface area contributed by atoms with Gasteiger partial charge in [-0.2, -0.15) is 0 Å². The summed E-state index contributed by atoms with van der Waals surface area (Å²) < 4.78 is 5.79. The van der Waals surface area contributed by atoms with Crippen molar-refractivity contribution in [1.29, 1.82) is 0 Å². The van der Waals surface area contributed by atoms with Gasteiger partial charge in [0.15, 0.2) is 0 Å². The van der Waals surface area contributed by atoms with Crippen molar-refractivity contribution in [2.75, 3.05) is 6.61 Å². The van der Waals surface area contributed by atoms with Crippen molar-refractivity contribution in [2.45, 2.75) is 26.8 Å². The second-order valence-corrected chi connectivity index (χ2v) is 5.61. The predicted octanol–water partition coefficient (Wildman–Crippen LogP) is 4.34. The Morgan fingerprint density at radius 2 is 1.75 bits per heavy atom. The number of benzene rings is 2. The maximum absolute atomic E-state index is 6.19. The lowest BCUT2D eigenvalue weighted by Crippen LogP contribution is -2.19. The fourth-order valence-electron chi connectivity index (χ4n) is 2.05. The van der Waals surface area contributed by atoms with Gasteiger partial charge in [0.25, 0.3) is 0 Å². The lowest BCUT2D eigenvalue weighted by atomic mass is 10.0. The molecule has 1 atom stereocenters. The molecule has 0 aromatic heterocycles. The number of ether oxygens (including phenoxy) is 1. The standard InChI is InChI=1S/C17H20ClNO/c1-11-4-5-14(8-12(11)2)16(19)10-20-17-7-6-15(18)9-13(17)3/h4-9,16H,10,19H2,1-3H3. The Balaban J connectivity index is 2.04. The lowest BCUT2D eigenvalue weighted by Gasteiger charge is -2.16. The highest BCUT2D eigenvalue weighted by atomic mass is 35.5. The van der Waals surface area contributed by atoms with Crippen LogP contribution in [-0.2, 0) is 0 Å². The fourth-order valence-corrected chi connectivity index (χ4v) is 2.27. The zero-order valence-corrected chi connectivity index (χ0v) is 12.9. The first kappa shape index (κ1) is 14.9. The van der Waals surface area contributed by atoms with Crippen LogP contribution in [0.15, 0.2) is 36.4 Å². The maximum atomic E-state index is 6.19. The van der Waals surface area contributed by atoms with E-state index in [1.54, 1.807) is 0 Å². The molecule has 1 unspecified atom stereocenters. The SMILES string of the molecule is Cc1ccc(C(N)COc2ccc(Cl)cc2C)cc1C. The van der Waals surface area contributed by atoms with Gasteiger partial charge in [0.05, 0.1) is 6.04 Å². The zero-order valence-electron chi connectivity index (χ0n) is 12.1. The summed E-state index contributed by atoms with van der Waals surface area (Å²) in [5, 5.41) is 0.716. The van der Waals surface area contributed by atoms with Gasteiger partial charge in [-0.05, 0) is 61.2 Å². The van der Waals surface area contributed by atoms with Crippen LogP contribution in [-0.4, -0.2) is 6.61 Å². The summed E-state index contributed by atoms with van der Waals surface area (Å²) >= 11 is 5.93. The van der Waals surface area contributed by atoms with Crippen molar-refractivity contribution in [3.8, 4) is 5.75 Å². The highest BCUT2D eigenvalue weighted by Gasteiger charge is 2.09. The Morgan fingerprint density at radius 3 is 2.40 bits per heavy atom. The molecule has 0 heterocycles. The van der Waals surface area contributed by atoms with Gasteiger partial charge >= 0.3 is 0 Å². The van der Waals surface area contributed by atoms with Gasteiger partial charge in [0, 0.05) is 5.02 Å². The van der Waals surface area contributed by atoms with Crippen LogP contribution >= 0.6 is 11.6 Å². The summed E-state index contributed by atoms with van der Waals surface area (Å²) in [6.07, 6.45) is 0. The average molecular weight is 290 g/mol. The van der Waals surface area contributed by atoms with Crippen LogP contribution in [0, 0.1) is 20.8 Å². The smallest absolute Gasteiger partial charge is 0.122 e. The van der Waals surface area contributed by atoms with Crippen molar-refractivity contribution in [1.82, 2.24) is 0 Å². The number of halogens is 1. The van der Waals surface area contributed by atoms with Crippen molar-refractivity contribution in [2.24, 2.45) is 5.73 Å². The zero-order chi connectivity index (χ0) is 14.7. The normalized spacial score (nSPS) is 12.2. The van der Waals surface area contributed by atoms with E-state index >= 15 is 0 Å². The minimum atomic E-state index is -0.135. The molecule has 2 nitrogen and oxygen atoms in total. The lowest BCUT2D eigenvalue weighted by molar-refractivity contribution is 0.289. The van der Waals surface area contributed by atoms with Crippen LogP contribution in [0.2, 0.25) is 5.02 Å². The fraction of sp³-hybridized carbons (Fsp3) is 0.294. The van der Waals surface area contributed by atoms with Gasteiger partial charge in [0.2, 0.25) is 0 Å². The summed E-state index contributed by atoms with van der Waals surface area (Å²) in [6.45, 7) is 6.61. The number of aryl methyl sites for hydroxylation is 3. The van der Waals surface area contributed by atoms with Crippen molar-refractivity contribution >= 4 is 11.6 Å². The highest BCUT2D eigenvalue weighted by molar-refractivity contribution is 6.30. The minimum Gasteiger partial charge on any atom is -0.491 e. The van der Waals surface area contributed by atoms with Crippen LogP contribution < -0.4 is 10.5 Å². The van der Waals surface area contributed by atoms with Crippen LogP contribution in [0.3, 0.4) is 0 Å². The van der Waals surface area contributed by atoms with Gasteiger partial charge in [-0.3, -0.25) is 0 Å². The summed E-state index contributed by atoms with van der Waals surface area (Å²) in [5.74, 6) is 0.827. The topological polar surface area (TPSA) is 35.2 Å². The number of rotatable bonds is 4. The molecule has 20 heavy (non-hydrogen) atoms. The average Bonchev–Trinajstić information content (AvgIpc) is 2.40. The molecule has 0 aliphatic rings. The molecule has 0 saturated carbocycles. The molecule has 2 aromatic rings. The molecule has 106 valence electrons. The second-order valence-electron chi connectivity index (χ2n) is 5.17. The maximum Gasteiger partial charge on any atom is 0.122 e. The minimum absolute atomic E-state index is 0.135.